The molecule has 42 heavy (non-hydrogen) atoms. The molecule has 2 aliphatic heterocycles. The second-order valence-electron chi connectivity index (χ2n) is 10.9. The Bertz CT molecular complexity index is 1420. The van der Waals surface area contributed by atoms with Gasteiger partial charge in [0, 0.05) is 78.4 Å². The molecule has 8 nitrogen and oxygen atoms in total. The van der Waals surface area contributed by atoms with Crippen molar-refractivity contribution in [3.63, 3.8) is 0 Å². The van der Waals surface area contributed by atoms with E-state index in [9.17, 15) is 9.59 Å². The van der Waals surface area contributed by atoms with Crippen molar-refractivity contribution >= 4 is 52.6 Å². The summed E-state index contributed by atoms with van der Waals surface area (Å²) < 4.78 is 8.08. The highest BCUT2D eigenvalue weighted by atomic mass is 35.5. The number of hydrogen-bond donors (Lipinski definition) is 0. The number of amides is 2. The van der Waals surface area contributed by atoms with E-state index in [1.54, 1.807) is 41.1 Å². The van der Waals surface area contributed by atoms with Crippen molar-refractivity contribution in [3.8, 4) is 5.88 Å². The van der Waals surface area contributed by atoms with Crippen LogP contribution in [0.1, 0.15) is 60.8 Å². The lowest BCUT2D eigenvalue weighted by molar-refractivity contribution is 0.0983. The van der Waals surface area contributed by atoms with Gasteiger partial charge in [0.05, 0.1) is 0 Å². The molecule has 1 fully saturated rings. The number of fused-ring (bicyclic) bond motifs is 1. The van der Waals surface area contributed by atoms with Crippen LogP contribution < -0.4 is 9.64 Å². The van der Waals surface area contributed by atoms with Gasteiger partial charge in [0.15, 0.2) is 5.82 Å². The number of aryl methyl sites for hydroxylation is 1. The molecule has 1 saturated heterocycles. The number of aromatic nitrogens is 2. The maximum Gasteiger partial charge on any atom is 0.416 e. The Morgan fingerprint density at radius 3 is 2.57 bits per heavy atom. The number of benzene rings is 2. The van der Waals surface area contributed by atoms with Crippen molar-refractivity contribution in [3.05, 3.63) is 74.5 Å². The van der Waals surface area contributed by atoms with Gasteiger partial charge in [0.1, 0.15) is 5.82 Å². The molecule has 3 heterocycles. The van der Waals surface area contributed by atoms with Crippen LogP contribution in [0.4, 0.5) is 10.6 Å². The Hall–Kier alpha value is -2.78. The zero-order valence-electron chi connectivity index (χ0n) is 24.0. The normalized spacial score (nSPS) is 16.7. The van der Waals surface area contributed by atoms with Crippen molar-refractivity contribution in [2.24, 2.45) is 0 Å². The second kappa shape index (κ2) is 13.7. The maximum atomic E-state index is 13.8. The van der Waals surface area contributed by atoms with Gasteiger partial charge in [-0.15, -0.1) is 0 Å². The number of anilines is 1. The number of unbranched alkanes of at least 4 members (excludes halogenated alkanes) is 1. The smallest absolute Gasteiger partial charge is 0.389 e. The number of carbonyl (C=O) groups excluding carboxylic acids is 2. The van der Waals surface area contributed by atoms with Gasteiger partial charge in [-0.1, -0.05) is 60.3 Å². The summed E-state index contributed by atoms with van der Waals surface area (Å²) in [5.74, 6) is 1.31. The molecule has 0 bridgehead atoms. The third-order valence-corrected chi connectivity index (χ3v) is 8.98. The molecule has 2 amide bonds. The topological polar surface area (TPSA) is 70.9 Å². The van der Waals surface area contributed by atoms with Crippen molar-refractivity contribution < 1.29 is 14.3 Å². The molecule has 0 saturated carbocycles. The molecule has 224 valence electrons. The Kier molecular flexibility index (Phi) is 9.99. The van der Waals surface area contributed by atoms with Gasteiger partial charge in [0.25, 0.3) is 5.91 Å². The van der Waals surface area contributed by atoms with E-state index in [0.29, 0.717) is 58.5 Å². The first-order valence-corrected chi connectivity index (χ1v) is 15.7. The summed E-state index contributed by atoms with van der Waals surface area (Å²) in [7, 11) is 1.76. The number of halogens is 3. The van der Waals surface area contributed by atoms with Crippen molar-refractivity contribution in [1.82, 2.24) is 19.4 Å². The van der Waals surface area contributed by atoms with E-state index in [1.807, 2.05) is 22.8 Å². The number of likely N-dealkylation sites (N-methyl/N-ethyl adjacent to an activating group) is 1. The average molecular weight is 633 g/mol. The van der Waals surface area contributed by atoms with E-state index in [1.165, 1.54) is 0 Å². The molecule has 0 N–H and O–H groups in total. The van der Waals surface area contributed by atoms with Crippen LogP contribution in [0.2, 0.25) is 15.1 Å². The van der Waals surface area contributed by atoms with Crippen LogP contribution in [0.15, 0.2) is 42.5 Å². The minimum absolute atomic E-state index is 0.0461. The number of likely N-dealkylation sites (tertiary alicyclic amines) is 1. The fraction of sp³-hybridized carbons (Fsp3) is 0.452. The molecule has 1 atom stereocenters. The Morgan fingerprint density at radius 1 is 1.07 bits per heavy atom. The fourth-order valence-corrected chi connectivity index (χ4v) is 6.31. The minimum atomic E-state index is -0.474. The molecule has 0 spiro atoms. The number of carbonyl (C=O) groups is 2. The first kappa shape index (κ1) is 30.7. The number of rotatable bonds is 9. The lowest BCUT2D eigenvalue weighted by atomic mass is 10.2. The third kappa shape index (κ3) is 6.72. The molecule has 1 aromatic heterocycles. The van der Waals surface area contributed by atoms with E-state index in [-0.39, 0.29) is 11.9 Å². The number of ether oxygens (including phenoxy) is 1. The van der Waals surface area contributed by atoms with E-state index in [4.69, 9.17) is 44.5 Å². The molecular weight excluding hydrogens is 597 g/mol. The molecular formula is C31H36Cl3N5O3. The van der Waals surface area contributed by atoms with Gasteiger partial charge in [-0.3, -0.25) is 19.2 Å². The van der Waals surface area contributed by atoms with E-state index in [2.05, 4.69) is 11.8 Å². The lowest BCUT2D eigenvalue weighted by Gasteiger charge is -2.26. The van der Waals surface area contributed by atoms with Gasteiger partial charge >= 0.3 is 6.09 Å². The first-order chi connectivity index (χ1) is 20.3. The van der Waals surface area contributed by atoms with Crippen LogP contribution in [0, 0.1) is 0 Å². The SMILES string of the molecule is CCCCN(C(=O)c1cccc(Cl)c1)c1nc2n(c1OC(=O)N(C)C1CCN(Cc3c(Cl)cccc3Cl)C1)CCCC2. The Labute approximate surface area is 262 Å². The summed E-state index contributed by atoms with van der Waals surface area (Å²) >= 11 is 19.0. The molecule has 11 heteroatoms. The highest BCUT2D eigenvalue weighted by molar-refractivity contribution is 6.36. The van der Waals surface area contributed by atoms with Gasteiger partial charge < -0.3 is 9.64 Å². The Balaban J connectivity index is 1.36. The quantitative estimate of drug-likeness (QED) is 0.247. The summed E-state index contributed by atoms with van der Waals surface area (Å²) in [5, 5.41) is 1.75. The van der Waals surface area contributed by atoms with E-state index >= 15 is 0 Å². The van der Waals surface area contributed by atoms with Crippen LogP contribution in [0.25, 0.3) is 0 Å². The fourth-order valence-electron chi connectivity index (χ4n) is 5.60. The molecule has 0 radical (unpaired) electrons. The predicted octanol–water partition coefficient (Wildman–Crippen LogP) is 7.33. The van der Waals surface area contributed by atoms with E-state index in [0.717, 1.165) is 56.5 Å². The zero-order chi connectivity index (χ0) is 29.8. The van der Waals surface area contributed by atoms with Crippen LogP contribution in [0.3, 0.4) is 0 Å². The summed E-state index contributed by atoms with van der Waals surface area (Å²) in [6.07, 6.45) is 4.68. The summed E-state index contributed by atoms with van der Waals surface area (Å²) in [6.45, 7) is 5.27. The second-order valence-corrected chi connectivity index (χ2v) is 12.2. The van der Waals surface area contributed by atoms with Crippen LogP contribution >= 0.6 is 34.8 Å². The maximum absolute atomic E-state index is 13.8. The van der Waals surface area contributed by atoms with Gasteiger partial charge in [-0.2, -0.15) is 0 Å². The summed E-state index contributed by atoms with van der Waals surface area (Å²) in [4.78, 5) is 37.8. The summed E-state index contributed by atoms with van der Waals surface area (Å²) in [6, 6.07) is 12.3. The zero-order valence-corrected chi connectivity index (χ0v) is 26.3. The molecule has 0 aliphatic carbocycles. The molecule has 1 unspecified atom stereocenters. The predicted molar refractivity (Wildman–Crippen MR) is 167 cm³/mol. The van der Waals surface area contributed by atoms with Gasteiger partial charge in [-0.05, 0) is 56.0 Å². The van der Waals surface area contributed by atoms with Crippen LogP contribution in [-0.4, -0.2) is 64.1 Å². The largest absolute Gasteiger partial charge is 0.416 e. The number of nitrogens with zero attached hydrogens (tertiary/aromatic N) is 5. The molecule has 5 rings (SSSR count). The van der Waals surface area contributed by atoms with Gasteiger partial charge in [0.2, 0.25) is 5.88 Å². The lowest BCUT2D eigenvalue weighted by Crippen LogP contribution is -2.41. The standard InChI is InChI=1S/C31H36Cl3N5O3/c1-3-4-15-39(29(40)21-9-7-10-22(32)18-21)28-30(38-16-6-5-13-27(38)35-28)42-31(41)36(2)23-14-17-37(19-23)20-24-25(33)11-8-12-26(24)34/h7-12,18,23H,3-6,13-17,19-20H2,1-2H3. The highest BCUT2D eigenvalue weighted by Crippen LogP contribution is 2.35. The van der Waals surface area contributed by atoms with Crippen molar-refractivity contribution in [1.29, 1.82) is 0 Å². The molecule has 3 aromatic rings. The average Bonchev–Trinajstić information content (AvgIpc) is 3.60. The van der Waals surface area contributed by atoms with Crippen LogP contribution in [0.5, 0.6) is 5.88 Å². The van der Waals surface area contributed by atoms with E-state index < -0.39 is 6.09 Å². The first-order valence-electron chi connectivity index (χ1n) is 14.5. The highest BCUT2D eigenvalue weighted by Gasteiger charge is 2.34. The number of imidazole rings is 1. The van der Waals surface area contributed by atoms with Gasteiger partial charge in [-0.25, -0.2) is 9.78 Å². The van der Waals surface area contributed by atoms with Crippen molar-refractivity contribution in [2.45, 2.75) is 64.6 Å². The third-order valence-electron chi connectivity index (χ3n) is 8.03. The molecule has 2 aromatic carbocycles. The van der Waals surface area contributed by atoms with Crippen LogP contribution in [-0.2, 0) is 19.5 Å². The number of hydrogen-bond acceptors (Lipinski definition) is 5. The molecule has 2 aliphatic rings. The monoisotopic (exact) mass is 631 g/mol. The Morgan fingerprint density at radius 2 is 1.83 bits per heavy atom. The van der Waals surface area contributed by atoms with Crippen molar-refractivity contribution in [2.75, 3.05) is 31.6 Å². The summed E-state index contributed by atoms with van der Waals surface area (Å²) in [5.41, 5.74) is 1.35. The minimum Gasteiger partial charge on any atom is -0.389 e.